The minimum Gasteiger partial charge on any atom is -0.473 e. The van der Waals surface area contributed by atoms with Crippen LogP contribution in [0.4, 0.5) is 4.39 Å². The Morgan fingerprint density at radius 2 is 2.02 bits per heavy atom. The number of rotatable bonds is 12. The number of aromatic nitrogens is 4. The molecule has 0 spiro atoms. The van der Waals surface area contributed by atoms with Crippen molar-refractivity contribution >= 4 is 28.7 Å². The summed E-state index contributed by atoms with van der Waals surface area (Å²) in [7, 11) is 0. The molecule has 5 aromatic rings. The van der Waals surface area contributed by atoms with Crippen LogP contribution < -0.4 is 0 Å². The molecule has 2 aliphatic heterocycles. The van der Waals surface area contributed by atoms with Crippen molar-refractivity contribution in [1.82, 2.24) is 24.6 Å². The molecule has 0 bridgehead atoms. The lowest BCUT2D eigenvalue weighted by Gasteiger charge is -2.29. The van der Waals surface area contributed by atoms with Gasteiger partial charge in [0.15, 0.2) is 0 Å². The molecule has 3 aromatic carbocycles. The smallest absolute Gasteiger partial charge is 0.212 e. The van der Waals surface area contributed by atoms with Gasteiger partial charge in [0.1, 0.15) is 18.2 Å². The third kappa shape index (κ3) is 7.23. The van der Waals surface area contributed by atoms with Crippen molar-refractivity contribution in [2.45, 2.75) is 52.0 Å². The number of fused-ring (bicyclic) bond motifs is 2. The topological polar surface area (TPSA) is 104 Å². The van der Waals surface area contributed by atoms with Gasteiger partial charge in [-0.05, 0) is 86.5 Å². The Hall–Kier alpha value is -5.37. The summed E-state index contributed by atoms with van der Waals surface area (Å²) in [6, 6.07) is 19.2. The standard InChI is InChI=1S/C39H38FN7O2/c1-26-33-20-29(9-11-35(33)45-44-26)30-10-12-36-37(21-30)47(23-32-15-18-48-32)38(43-36)24-46-16-13-27(14-17-46)5-3-4-6-39(42-2)49-25-31-8-7-28(22-41)19-34(31)40/h3-4,6-13,19-21,32H,2,5,14-18,23-25H2,1H3,(H,44,45)/b4-3-,39-6+. The normalized spacial score (nSPS) is 17.0. The molecule has 1 saturated heterocycles. The number of hydrogen-bond acceptors (Lipinski definition) is 7. The second kappa shape index (κ2) is 14.4. The lowest BCUT2D eigenvalue weighted by atomic mass is 10.0. The molecular formula is C39H38FN7O2. The van der Waals surface area contributed by atoms with E-state index in [0.29, 0.717) is 11.4 Å². The highest BCUT2D eigenvalue weighted by Crippen LogP contribution is 2.30. The molecule has 7 rings (SSSR count). The number of ether oxygens (including phenoxy) is 2. The van der Waals surface area contributed by atoms with Crippen LogP contribution in [-0.2, 0) is 29.2 Å². The van der Waals surface area contributed by atoms with Gasteiger partial charge >= 0.3 is 0 Å². The molecule has 1 atom stereocenters. The monoisotopic (exact) mass is 655 g/mol. The maximum absolute atomic E-state index is 14.2. The first kappa shape index (κ1) is 32.2. The molecule has 248 valence electrons. The van der Waals surface area contributed by atoms with Gasteiger partial charge < -0.3 is 14.0 Å². The van der Waals surface area contributed by atoms with Gasteiger partial charge in [0.25, 0.3) is 0 Å². The molecule has 1 unspecified atom stereocenters. The molecule has 1 N–H and O–H groups in total. The Morgan fingerprint density at radius 3 is 2.76 bits per heavy atom. The number of aromatic amines is 1. The van der Waals surface area contributed by atoms with Crippen LogP contribution in [0.15, 0.2) is 95.3 Å². The number of benzene rings is 3. The Labute approximate surface area is 284 Å². The van der Waals surface area contributed by atoms with Crippen LogP contribution in [0.5, 0.6) is 0 Å². The molecule has 0 aliphatic carbocycles. The van der Waals surface area contributed by atoms with Gasteiger partial charge in [-0.1, -0.05) is 42.0 Å². The van der Waals surface area contributed by atoms with Gasteiger partial charge in [0.05, 0.1) is 47.4 Å². The van der Waals surface area contributed by atoms with Gasteiger partial charge in [-0.3, -0.25) is 10.00 Å². The predicted molar refractivity (Wildman–Crippen MR) is 189 cm³/mol. The second-order valence-electron chi connectivity index (χ2n) is 12.6. The Kier molecular flexibility index (Phi) is 9.46. The average molecular weight is 656 g/mol. The molecule has 0 amide bonds. The number of halogens is 1. The molecule has 10 heteroatoms. The van der Waals surface area contributed by atoms with E-state index in [0.717, 1.165) is 96.6 Å². The Bertz CT molecular complexity index is 2150. The summed E-state index contributed by atoms with van der Waals surface area (Å²) in [5.41, 5.74) is 8.50. The summed E-state index contributed by atoms with van der Waals surface area (Å²) >= 11 is 0. The van der Waals surface area contributed by atoms with Crippen LogP contribution >= 0.6 is 0 Å². The fourth-order valence-electron chi connectivity index (χ4n) is 6.31. The average Bonchev–Trinajstić information content (AvgIpc) is 3.65. The molecule has 49 heavy (non-hydrogen) atoms. The van der Waals surface area contributed by atoms with Crippen molar-refractivity contribution in [3.8, 4) is 17.2 Å². The van der Waals surface area contributed by atoms with Crippen LogP contribution in [0, 0.1) is 24.1 Å². The van der Waals surface area contributed by atoms with Crippen molar-refractivity contribution in [3.05, 3.63) is 119 Å². The highest BCUT2D eigenvalue weighted by Gasteiger charge is 2.23. The van der Waals surface area contributed by atoms with Crippen LogP contribution in [-0.4, -0.2) is 57.2 Å². The van der Waals surface area contributed by atoms with Gasteiger partial charge in [-0.25, -0.2) is 14.4 Å². The third-order valence-corrected chi connectivity index (χ3v) is 9.31. The fraction of sp³-hybridized carbons (Fsp3) is 0.282. The first-order valence-electron chi connectivity index (χ1n) is 16.6. The van der Waals surface area contributed by atoms with E-state index in [2.05, 4.69) is 86.8 Å². The lowest BCUT2D eigenvalue weighted by Crippen LogP contribution is -2.33. The molecule has 0 saturated carbocycles. The van der Waals surface area contributed by atoms with Crippen LogP contribution in [0.1, 0.15) is 41.9 Å². The third-order valence-electron chi connectivity index (χ3n) is 9.31. The summed E-state index contributed by atoms with van der Waals surface area (Å²) in [4.78, 5) is 11.5. The first-order valence-corrected chi connectivity index (χ1v) is 16.6. The van der Waals surface area contributed by atoms with Crippen molar-refractivity contribution in [2.24, 2.45) is 4.99 Å². The minimum atomic E-state index is -0.482. The number of hydrogen-bond donors (Lipinski definition) is 1. The number of nitrogens with one attached hydrogen (secondary N) is 1. The molecular weight excluding hydrogens is 617 g/mol. The highest BCUT2D eigenvalue weighted by molar-refractivity contribution is 5.89. The Morgan fingerprint density at radius 1 is 1.18 bits per heavy atom. The zero-order valence-electron chi connectivity index (χ0n) is 27.5. The predicted octanol–water partition coefficient (Wildman–Crippen LogP) is 7.52. The molecule has 2 aliphatic rings. The van der Waals surface area contributed by atoms with E-state index >= 15 is 0 Å². The van der Waals surface area contributed by atoms with Gasteiger partial charge in [0, 0.05) is 36.3 Å². The molecule has 2 aromatic heterocycles. The number of H-pyrrole nitrogens is 1. The number of aliphatic imine (C=N–C) groups is 1. The van der Waals surface area contributed by atoms with Gasteiger partial charge in [-0.2, -0.15) is 10.4 Å². The van der Waals surface area contributed by atoms with E-state index in [1.807, 2.05) is 12.1 Å². The largest absolute Gasteiger partial charge is 0.473 e. The van der Waals surface area contributed by atoms with E-state index in [-0.39, 0.29) is 18.3 Å². The SMILES string of the molecule is C=N/C(=C\C=C/CC1=CCN(Cc2nc3ccc(-c4ccc5n[nH]c(C)c5c4)cc3n2CC2CCO2)CC1)OCc1ccc(C#N)cc1F. The van der Waals surface area contributed by atoms with Gasteiger partial charge in [-0.15, -0.1) is 0 Å². The molecule has 1 fully saturated rings. The van der Waals surface area contributed by atoms with E-state index in [9.17, 15) is 4.39 Å². The zero-order valence-corrected chi connectivity index (χ0v) is 27.5. The van der Waals surface area contributed by atoms with E-state index in [4.69, 9.17) is 19.7 Å². The summed E-state index contributed by atoms with van der Waals surface area (Å²) < 4.78 is 28.0. The lowest BCUT2D eigenvalue weighted by molar-refractivity contribution is -0.0591. The fourth-order valence-corrected chi connectivity index (χ4v) is 6.31. The zero-order chi connectivity index (χ0) is 33.7. The molecule has 9 nitrogen and oxygen atoms in total. The van der Waals surface area contributed by atoms with Crippen molar-refractivity contribution in [3.63, 3.8) is 0 Å². The second-order valence-corrected chi connectivity index (χ2v) is 12.6. The Balaban J connectivity index is 0.994. The number of aryl methyl sites for hydroxylation is 1. The summed E-state index contributed by atoms with van der Waals surface area (Å²) in [6.45, 7) is 9.81. The quantitative estimate of drug-likeness (QED) is 0.0645. The number of allylic oxidation sites excluding steroid dienone is 3. The highest BCUT2D eigenvalue weighted by atomic mass is 19.1. The summed E-state index contributed by atoms with van der Waals surface area (Å²) in [6.07, 6.45) is 11.1. The number of nitriles is 1. The maximum Gasteiger partial charge on any atom is 0.212 e. The number of nitrogens with zero attached hydrogens (tertiary/aromatic N) is 6. The van der Waals surface area contributed by atoms with Crippen LogP contribution in [0.25, 0.3) is 33.1 Å². The van der Waals surface area contributed by atoms with E-state index in [1.165, 1.54) is 11.6 Å². The molecule has 4 heterocycles. The summed E-state index contributed by atoms with van der Waals surface area (Å²) in [5, 5.41) is 17.5. The van der Waals surface area contributed by atoms with E-state index < -0.39 is 5.82 Å². The van der Waals surface area contributed by atoms with Crippen LogP contribution in [0.2, 0.25) is 0 Å². The minimum absolute atomic E-state index is 0.00185. The van der Waals surface area contributed by atoms with Crippen molar-refractivity contribution in [1.29, 1.82) is 5.26 Å². The van der Waals surface area contributed by atoms with Gasteiger partial charge in [0.2, 0.25) is 5.88 Å². The van der Waals surface area contributed by atoms with Crippen LogP contribution in [0.3, 0.4) is 0 Å². The number of imidazole rings is 1. The van der Waals surface area contributed by atoms with Crippen molar-refractivity contribution < 1.29 is 13.9 Å². The maximum atomic E-state index is 14.2. The van der Waals surface area contributed by atoms with Crippen molar-refractivity contribution in [2.75, 3.05) is 19.7 Å². The summed E-state index contributed by atoms with van der Waals surface area (Å²) in [5.74, 6) is 0.890. The first-order chi connectivity index (χ1) is 24.0. The molecule has 0 radical (unpaired) electrons. The van der Waals surface area contributed by atoms with E-state index in [1.54, 1.807) is 18.2 Å².